The summed E-state index contributed by atoms with van der Waals surface area (Å²) in [5.74, 6) is 1.54. The first-order chi connectivity index (χ1) is 13.2. The summed E-state index contributed by atoms with van der Waals surface area (Å²) < 4.78 is 16.5. The molecule has 8 heteroatoms. The lowest BCUT2D eigenvalue weighted by atomic mass is 10.0. The summed E-state index contributed by atoms with van der Waals surface area (Å²) in [4.78, 5) is 16.1. The molecule has 3 heterocycles. The molecule has 0 bridgehead atoms. The molecule has 0 radical (unpaired) electrons. The van der Waals surface area contributed by atoms with Gasteiger partial charge in [-0.15, -0.1) is 0 Å². The number of allylic oxidation sites excluding steroid dienone is 1. The molecule has 4 atom stereocenters. The third-order valence-electron chi connectivity index (χ3n) is 4.85. The number of nitrogens with one attached hydrogen (secondary N) is 2. The third-order valence-corrected chi connectivity index (χ3v) is 4.85. The number of aliphatic imine (C=N–C) groups is 1. The Balaban J connectivity index is 1.31. The van der Waals surface area contributed by atoms with Gasteiger partial charge in [0.25, 0.3) is 0 Å². The van der Waals surface area contributed by atoms with Crippen LogP contribution in [0.15, 0.2) is 41.7 Å². The highest BCUT2D eigenvalue weighted by Crippen LogP contribution is 2.27. The summed E-state index contributed by atoms with van der Waals surface area (Å²) in [6.45, 7) is 0. The number of hydrogen-bond acceptors (Lipinski definition) is 8. The van der Waals surface area contributed by atoms with Crippen LogP contribution in [0.3, 0.4) is 0 Å². The van der Waals surface area contributed by atoms with E-state index in [1.807, 2.05) is 12.3 Å². The smallest absolute Gasteiger partial charge is 0.228 e. The number of nitrogens with two attached hydrogens (primary N) is 1. The van der Waals surface area contributed by atoms with E-state index < -0.39 is 6.23 Å². The van der Waals surface area contributed by atoms with E-state index in [2.05, 4.69) is 15.6 Å². The second-order valence-corrected chi connectivity index (χ2v) is 6.81. The number of ketones is 1. The third kappa shape index (κ3) is 5.03. The number of methoxy groups -OCH3 is 1. The molecule has 4 N–H and O–H groups in total. The van der Waals surface area contributed by atoms with E-state index in [4.69, 9.17) is 19.9 Å². The van der Waals surface area contributed by atoms with Crippen LogP contribution in [-0.2, 0) is 19.0 Å². The SMILES string of the molecule is COC1=NC=CCC1C1=CNC([C@@H](N)CCCCCC(=O)C2NC=CO2)O1. The molecular formula is C19H28N4O4. The lowest BCUT2D eigenvalue weighted by molar-refractivity contribution is -0.127. The van der Waals surface area contributed by atoms with Gasteiger partial charge < -0.3 is 30.6 Å². The van der Waals surface area contributed by atoms with Gasteiger partial charge in [-0.25, -0.2) is 4.99 Å². The molecular weight excluding hydrogens is 348 g/mol. The summed E-state index contributed by atoms with van der Waals surface area (Å²) in [5.41, 5.74) is 6.28. The molecule has 0 spiro atoms. The number of carbonyl (C=O) groups is 1. The maximum atomic E-state index is 11.9. The van der Waals surface area contributed by atoms with Crippen molar-refractivity contribution < 1.29 is 19.0 Å². The van der Waals surface area contributed by atoms with Crippen LogP contribution >= 0.6 is 0 Å². The van der Waals surface area contributed by atoms with Crippen LogP contribution in [0.2, 0.25) is 0 Å². The fourth-order valence-corrected chi connectivity index (χ4v) is 3.31. The molecule has 0 aromatic carbocycles. The maximum absolute atomic E-state index is 11.9. The van der Waals surface area contributed by atoms with E-state index in [-0.39, 0.29) is 24.0 Å². The van der Waals surface area contributed by atoms with Crippen LogP contribution in [0.25, 0.3) is 0 Å². The Labute approximate surface area is 159 Å². The number of hydrogen-bond donors (Lipinski definition) is 3. The van der Waals surface area contributed by atoms with Crippen molar-refractivity contribution in [2.75, 3.05) is 7.11 Å². The average Bonchev–Trinajstić information content (AvgIpc) is 3.39. The predicted molar refractivity (Wildman–Crippen MR) is 101 cm³/mol. The lowest BCUT2D eigenvalue weighted by Crippen LogP contribution is -2.42. The van der Waals surface area contributed by atoms with Gasteiger partial charge in [0.2, 0.25) is 6.23 Å². The Hall–Kier alpha value is -2.48. The molecule has 0 amide bonds. The first-order valence-corrected chi connectivity index (χ1v) is 9.43. The second-order valence-electron chi connectivity index (χ2n) is 6.81. The second kappa shape index (κ2) is 9.45. The van der Waals surface area contributed by atoms with Gasteiger partial charge in [-0.3, -0.25) is 4.79 Å². The van der Waals surface area contributed by atoms with Gasteiger partial charge in [-0.05, 0) is 19.3 Å². The number of rotatable bonds is 9. The summed E-state index contributed by atoms with van der Waals surface area (Å²) >= 11 is 0. The van der Waals surface area contributed by atoms with Gasteiger partial charge in [0.1, 0.15) is 12.0 Å². The molecule has 0 saturated carbocycles. The molecule has 3 aliphatic heterocycles. The predicted octanol–water partition coefficient (Wildman–Crippen LogP) is 1.62. The molecule has 0 aromatic rings. The van der Waals surface area contributed by atoms with Gasteiger partial charge in [0.15, 0.2) is 17.9 Å². The Kier molecular flexibility index (Phi) is 6.75. The summed E-state index contributed by atoms with van der Waals surface area (Å²) in [6.07, 6.45) is 12.8. The van der Waals surface area contributed by atoms with E-state index in [1.165, 1.54) is 6.26 Å². The van der Waals surface area contributed by atoms with Crippen LogP contribution < -0.4 is 16.4 Å². The molecule has 3 unspecified atom stereocenters. The summed E-state index contributed by atoms with van der Waals surface area (Å²) in [5, 5.41) is 6.08. The van der Waals surface area contributed by atoms with Crippen molar-refractivity contribution in [1.29, 1.82) is 0 Å². The Morgan fingerprint density at radius 1 is 1.41 bits per heavy atom. The Morgan fingerprint density at radius 2 is 2.30 bits per heavy atom. The van der Waals surface area contributed by atoms with Gasteiger partial charge in [-0.1, -0.05) is 18.9 Å². The van der Waals surface area contributed by atoms with Crippen molar-refractivity contribution in [3.63, 3.8) is 0 Å². The van der Waals surface area contributed by atoms with Crippen LogP contribution in [-0.4, -0.2) is 37.3 Å². The number of unbranched alkanes of at least 4 members (excludes halogenated alkanes) is 2. The molecule has 3 aliphatic rings. The van der Waals surface area contributed by atoms with Gasteiger partial charge >= 0.3 is 0 Å². The molecule has 0 aliphatic carbocycles. The highest BCUT2D eigenvalue weighted by Gasteiger charge is 2.32. The van der Waals surface area contributed by atoms with Gasteiger partial charge in [-0.2, -0.15) is 0 Å². The normalized spacial score (nSPS) is 27.0. The highest BCUT2D eigenvalue weighted by molar-refractivity contribution is 5.83. The van der Waals surface area contributed by atoms with Crippen LogP contribution in [0, 0.1) is 5.92 Å². The quantitative estimate of drug-likeness (QED) is 0.525. The van der Waals surface area contributed by atoms with Crippen molar-refractivity contribution in [3.05, 3.63) is 36.7 Å². The van der Waals surface area contributed by atoms with Crippen molar-refractivity contribution in [2.45, 2.75) is 57.0 Å². The zero-order valence-electron chi connectivity index (χ0n) is 15.6. The van der Waals surface area contributed by atoms with Crippen molar-refractivity contribution in [2.24, 2.45) is 16.6 Å². The summed E-state index contributed by atoms with van der Waals surface area (Å²) in [7, 11) is 1.62. The molecule has 3 rings (SSSR count). The number of ether oxygens (including phenoxy) is 3. The largest absolute Gasteiger partial charge is 0.484 e. The molecule has 148 valence electrons. The van der Waals surface area contributed by atoms with Crippen LogP contribution in [0.4, 0.5) is 0 Å². The van der Waals surface area contributed by atoms with Crippen molar-refractivity contribution in [1.82, 2.24) is 10.6 Å². The lowest BCUT2D eigenvalue weighted by Gasteiger charge is -2.24. The number of nitrogens with zero attached hydrogens (tertiary/aromatic N) is 1. The summed E-state index contributed by atoms with van der Waals surface area (Å²) in [6, 6.07) is -0.124. The van der Waals surface area contributed by atoms with Gasteiger partial charge in [0.05, 0.1) is 19.1 Å². The zero-order chi connectivity index (χ0) is 19.1. The minimum Gasteiger partial charge on any atom is -0.484 e. The van der Waals surface area contributed by atoms with Crippen molar-refractivity contribution in [3.8, 4) is 0 Å². The van der Waals surface area contributed by atoms with Gasteiger partial charge in [0, 0.05) is 25.0 Å². The number of carbonyl (C=O) groups excluding carboxylic acids is 1. The first-order valence-electron chi connectivity index (χ1n) is 9.43. The zero-order valence-corrected chi connectivity index (χ0v) is 15.6. The monoisotopic (exact) mass is 376 g/mol. The van der Waals surface area contributed by atoms with Crippen LogP contribution in [0.1, 0.15) is 38.5 Å². The van der Waals surface area contributed by atoms with E-state index in [9.17, 15) is 4.79 Å². The van der Waals surface area contributed by atoms with Crippen LogP contribution in [0.5, 0.6) is 0 Å². The molecule has 27 heavy (non-hydrogen) atoms. The van der Waals surface area contributed by atoms with E-state index in [0.717, 1.165) is 37.9 Å². The van der Waals surface area contributed by atoms with Crippen molar-refractivity contribution >= 4 is 11.7 Å². The number of Topliss-reactive ketones (excluding diaryl/α,β-unsaturated/α-hetero) is 1. The minimum absolute atomic E-state index is 0.00313. The maximum Gasteiger partial charge on any atom is 0.228 e. The Morgan fingerprint density at radius 3 is 3.07 bits per heavy atom. The average molecular weight is 376 g/mol. The Bertz CT molecular complexity index is 636. The molecule has 0 fully saturated rings. The minimum atomic E-state index is -0.511. The molecule has 8 nitrogen and oxygen atoms in total. The molecule has 0 aromatic heterocycles. The molecule has 0 saturated heterocycles. The van der Waals surface area contributed by atoms with E-state index >= 15 is 0 Å². The standard InChI is InChI=1S/C19H28N4O4/c1-25-17-13(6-5-9-21-17)16-12-23-18(27-16)14(20)7-3-2-4-8-15(24)19-22-10-11-26-19/h5,9-14,18-19,22-23H,2-4,6-8,20H2,1H3/t13?,14-,18?,19?/m0/s1. The fourth-order valence-electron chi connectivity index (χ4n) is 3.31. The van der Waals surface area contributed by atoms with E-state index in [0.29, 0.717) is 12.3 Å². The topological polar surface area (TPSA) is 107 Å². The fraction of sp³-hybridized carbons (Fsp3) is 0.579. The first kappa shape index (κ1) is 19.3. The highest BCUT2D eigenvalue weighted by atomic mass is 16.5. The van der Waals surface area contributed by atoms with E-state index in [1.54, 1.807) is 19.5 Å².